The van der Waals surface area contributed by atoms with E-state index < -0.39 is 0 Å². The van der Waals surface area contributed by atoms with E-state index in [1.54, 1.807) is 6.07 Å². The van der Waals surface area contributed by atoms with E-state index in [1.807, 2.05) is 38.1 Å². The second-order valence-electron chi connectivity index (χ2n) is 4.65. The maximum atomic E-state index is 10.0. The summed E-state index contributed by atoms with van der Waals surface area (Å²) in [6, 6.07) is 5.42. The summed E-state index contributed by atoms with van der Waals surface area (Å²) in [4.78, 5) is 1.99. The molecule has 0 aliphatic carbocycles. The molecule has 0 aliphatic heterocycles. The van der Waals surface area contributed by atoms with Crippen molar-refractivity contribution >= 4 is 5.82 Å². The highest BCUT2D eigenvalue weighted by Crippen LogP contribution is 2.30. The van der Waals surface area contributed by atoms with E-state index >= 15 is 0 Å². The molecule has 0 spiro atoms. The number of rotatable bonds is 3. The molecule has 1 aromatic heterocycles. The molecule has 0 unspecified atom stereocenters. The minimum Gasteiger partial charge on any atom is -0.507 e. The van der Waals surface area contributed by atoms with Crippen molar-refractivity contribution in [2.24, 2.45) is 0 Å². The minimum atomic E-state index is 0.319. The van der Waals surface area contributed by atoms with Gasteiger partial charge in [0.1, 0.15) is 5.75 Å². The number of benzene rings is 1. The van der Waals surface area contributed by atoms with Crippen molar-refractivity contribution in [3.63, 3.8) is 0 Å². The topological polar surface area (TPSA) is 75.5 Å². The Labute approximate surface area is 106 Å². The molecule has 0 saturated heterocycles. The lowest BCUT2D eigenvalue weighted by molar-refractivity contribution is 0.384. The average molecular weight is 247 g/mol. The molecule has 0 aliphatic rings. The van der Waals surface area contributed by atoms with Crippen molar-refractivity contribution in [2.75, 3.05) is 19.8 Å². The van der Waals surface area contributed by atoms with Gasteiger partial charge in [-0.1, -0.05) is 5.16 Å². The number of phenolic OH excluding ortho intramolecular Hbond substituents is 1. The third-order valence-corrected chi connectivity index (χ3v) is 2.68. The number of hydrogen-bond acceptors (Lipinski definition) is 5. The molecule has 1 aromatic carbocycles. The summed E-state index contributed by atoms with van der Waals surface area (Å²) in [6.07, 6.45) is 0. The van der Waals surface area contributed by atoms with Gasteiger partial charge in [0.05, 0.1) is 0 Å². The molecule has 1 heterocycles. The highest BCUT2D eigenvalue weighted by atomic mass is 16.5. The number of nitrogens with two attached hydrogens (primary N) is 1. The number of aromatic hydroxyl groups is 1. The van der Waals surface area contributed by atoms with Gasteiger partial charge in [-0.15, -0.1) is 0 Å². The molecular weight excluding hydrogens is 230 g/mol. The second-order valence-corrected chi connectivity index (χ2v) is 4.65. The lowest BCUT2D eigenvalue weighted by atomic mass is 10.0. The van der Waals surface area contributed by atoms with Gasteiger partial charge in [-0.25, -0.2) is 0 Å². The van der Waals surface area contributed by atoms with Crippen LogP contribution in [0.4, 0.5) is 5.82 Å². The zero-order valence-electron chi connectivity index (χ0n) is 10.8. The van der Waals surface area contributed by atoms with E-state index in [-0.39, 0.29) is 0 Å². The highest BCUT2D eigenvalue weighted by Gasteiger charge is 2.12. The van der Waals surface area contributed by atoms with Gasteiger partial charge in [0.25, 0.3) is 0 Å². The number of aryl methyl sites for hydroxylation is 1. The van der Waals surface area contributed by atoms with E-state index in [1.165, 1.54) is 0 Å². The SMILES string of the molecule is Cc1cc(-c2cc(N)no2)cc(CN(C)C)c1O. The molecule has 96 valence electrons. The fourth-order valence-corrected chi connectivity index (χ4v) is 1.88. The van der Waals surface area contributed by atoms with E-state index in [4.69, 9.17) is 10.3 Å². The van der Waals surface area contributed by atoms with E-state index in [2.05, 4.69) is 5.16 Å². The summed E-state index contributed by atoms with van der Waals surface area (Å²) < 4.78 is 5.13. The zero-order valence-corrected chi connectivity index (χ0v) is 10.8. The van der Waals surface area contributed by atoms with Crippen LogP contribution in [0.25, 0.3) is 11.3 Å². The van der Waals surface area contributed by atoms with Crippen molar-refractivity contribution in [3.8, 4) is 17.1 Å². The monoisotopic (exact) mass is 247 g/mol. The van der Waals surface area contributed by atoms with Crippen LogP contribution in [0.3, 0.4) is 0 Å². The molecule has 18 heavy (non-hydrogen) atoms. The standard InChI is InChI=1S/C13H17N3O2/c1-8-4-9(11-6-12(14)15-18-11)5-10(13(8)17)7-16(2)3/h4-6,17H,7H2,1-3H3,(H2,14,15). The van der Waals surface area contributed by atoms with Crippen LogP contribution in [0, 0.1) is 6.92 Å². The summed E-state index contributed by atoms with van der Waals surface area (Å²) in [5.41, 5.74) is 8.06. The Hall–Kier alpha value is -2.01. The van der Waals surface area contributed by atoms with Crippen LogP contribution in [0.15, 0.2) is 22.7 Å². The van der Waals surface area contributed by atoms with E-state index in [0.29, 0.717) is 23.9 Å². The van der Waals surface area contributed by atoms with Crippen LogP contribution in [0.2, 0.25) is 0 Å². The quantitative estimate of drug-likeness (QED) is 0.867. The van der Waals surface area contributed by atoms with Gasteiger partial charge in [0.2, 0.25) is 0 Å². The molecule has 5 heteroatoms. The lowest BCUT2D eigenvalue weighted by Gasteiger charge is -2.13. The third-order valence-electron chi connectivity index (χ3n) is 2.68. The predicted molar refractivity (Wildman–Crippen MR) is 70.1 cm³/mol. The van der Waals surface area contributed by atoms with Crippen LogP contribution in [0.5, 0.6) is 5.75 Å². The second kappa shape index (κ2) is 4.70. The van der Waals surface area contributed by atoms with E-state index in [0.717, 1.165) is 16.7 Å². The number of hydrogen-bond donors (Lipinski definition) is 2. The molecule has 5 nitrogen and oxygen atoms in total. The Kier molecular flexibility index (Phi) is 3.25. The van der Waals surface area contributed by atoms with Crippen molar-refractivity contribution < 1.29 is 9.63 Å². The van der Waals surface area contributed by atoms with Gasteiger partial charge in [-0.05, 0) is 38.7 Å². The number of nitrogen functional groups attached to an aromatic ring is 1. The number of nitrogens with zero attached hydrogens (tertiary/aromatic N) is 2. The maximum absolute atomic E-state index is 10.0. The van der Waals surface area contributed by atoms with Gasteiger partial charge < -0.3 is 20.3 Å². The Bertz CT molecular complexity index is 561. The maximum Gasteiger partial charge on any atom is 0.169 e. The molecular formula is C13H17N3O2. The van der Waals surface area contributed by atoms with E-state index in [9.17, 15) is 5.11 Å². The number of phenols is 1. The first kappa shape index (κ1) is 12.4. The zero-order chi connectivity index (χ0) is 13.3. The average Bonchev–Trinajstić information content (AvgIpc) is 2.70. The van der Waals surface area contributed by atoms with Crippen molar-refractivity contribution in [1.82, 2.24) is 10.1 Å². The molecule has 0 saturated carbocycles. The fourth-order valence-electron chi connectivity index (χ4n) is 1.88. The lowest BCUT2D eigenvalue weighted by Crippen LogP contribution is -2.11. The Balaban J connectivity index is 2.46. The first-order valence-corrected chi connectivity index (χ1v) is 5.67. The summed E-state index contributed by atoms with van der Waals surface area (Å²) in [7, 11) is 3.90. The number of aromatic nitrogens is 1. The van der Waals surface area contributed by atoms with Crippen LogP contribution in [0.1, 0.15) is 11.1 Å². The van der Waals surface area contributed by atoms with Crippen LogP contribution < -0.4 is 5.73 Å². The predicted octanol–water partition coefficient (Wildman–Crippen LogP) is 2.00. The normalized spacial score (nSPS) is 11.1. The van der Waals surface area contributed by atoms with Crippen molar-refractivity contribution in [1.29, 1.82) is 0 Å². The summed E-state index contributed by atoms with van der Waals surface area (Å²) in [5, 5.41) is 13.7. The smallest absolute Gasteiger partial charge is 0.169 e. The van der Waals surface area contributed by atoms with Gasteiger partial charge in [-0.3, -0.25) is 0 Å². The Morgan fingerprint density at radius 1 is 1.33 bits per heavy atom. The largest absolute Gasteiger partial charge is 0.507 e. The van der Waals surface area contributed by atoms with Crippen molar-refractivity contribution in [3.05, 3.63) is 29.3 Å². The van der Waals surface area contributed by atoms with Gasteiger partial charge in [0, 0.05) is 23.7 Å². The third kappa shape index (κ3) is 2.46. The minimum absolute atomic E-state index is 0.319. The summed E-state index contributed by atoms with van der Waals surface area (Å²) >= 11 is 0. The van der Waals surface area contributed by atoms with Crippen molar-refractivity contribution in [2.45, 2.75) is 13.5 Å². The first-order valence-electron chi connectivity index (χ1n) is 5.67. The molecule has 0 atom stereocenters. The Morgan fingerprint density at radius 2 is 2.06 bits per heavy atom. The van der Waals surface area contributed by atoms with Crippen LogP contribution in [-0.4, -0.2) is 29.3 Å². The molecule has 0 fully saturated rings. The van der Waals surface area contributed by atoms with Gasteiger partial charge in [-0.2, -0.15) is 0 Å². The van der Waals surface area contributed by atoms with Gasteiger partial charge >= 0.3 is 0 Å². The number of anilines is 1. The molecule has 2 aromatic rings. The molecule has 0 amide bonds. The Morgan fingerprint density at radius 3 is 2.61 bits per heavy atom. The highest BCUT2D eigenvalue weighted by molar-refractivity contribution is 5.64. The summed E-state index contributed by atoms with van der Waals surface area (Å²) in [5.74, 6) is 1.28. The van der Waals surface area contributed by atoms with Crippen LogP contribution >= 0.6 is 0 Å². The van der Waals surface area contributed by atoms with Gasteiger partial charge in [0.15, 0.2) is 11.6 Å². The summed E-state index contributed by atoms with van der Waals surface area (Å²) in [6.45, 7) is 2.52. The molecule has 2 rings (SSSR count). The molecule has 0 radical (unpaired) electrons. The molecule has 0 bridgehead atoms. The first-order chi connectivity index (χ1) is 8.47. The molecule has 3 N–H and O–H groups in total. The van der Waals surface area contributed by atoms with Crippen LogP contribution in [-0.2, 0) is 6.54 Å². The fraction of sp³-hybridized carbons (Fsp3) is 0.308.